The van der Waals surface area contributed by atoms with E-state index in [2.05, 4.69) is 37.0 Å². The number of hydrogen-bond donors (Lipinski definition) is 0. The largest absolute Gasteiger partial charge is 0.348 e. The van der Waals surface area contributed by atoms with Crippen LogP contribution in [0.2, 0.25) is 0 Å². The molecule has 1 aromatic carbocycles. The molecule has 1 amide bonds. The number of nitrogens with zero attached hydrogens (tertiary/aromatic N) is 2. The highest BCUT2D eigenvalue weighted by Gasteiger charge is 2.10. The maximum atomic E-state index is 11.6. The van der Waals surface area contributed by atoms with Crippen LogP contribution in [0.5, 0.6) is 0 Å². The third-order valence-electron chi connectivity index (χ3n) is 3.16. The van der Waals surface area contributed by atoms with Crippen molar-refractivity contribution in [1.82, 2.24) is 9.88 Å². The van der Waals surface area contributed by atoms with Crippen LogP contribution in [0.15, 0.2) is 23.6 Å². The molecule has 0 aliphatic carbocycles. The van der Waals surface area contributed by atoms with Crippen molar-refractivity contribution in [2.75, 3.05) is 14.1 Å². The molecule has 0 radical (unpaired) electrons. The van der Waals surface area contributed by atoms with Gasteiger partial charge in [-0.1, -0.05) is 12.1 Å². The lowest BCUT2D eigenvalue weighted by atomic mass is 10.1. The molecule has 1 heterocycles. The van der Waals surface area contributed by atoms with Crippen LogP contribution < -0.4 is 0 Å². The Hall–Kier alpha value is -1.68. The van der Waals surface area contributed by atoms with Gasteiger partial charge in [-0.25, -0.2) is 4.98 Å². The van der Waals surface area contributed by atoms with Gasteiger partial charge in [0.25, 0.3) is 0 Å². The van der Waals surface area contributed by atoms with Crippen LogP contribution in [0.4, 0.5) is 0 Å². The van der Waals surface area contributed by atoms with Gasteiger partial charge < -0.3 is 4.90 Å². The van der Waals surface area contributed by atoms with Gasteiger partial charge in [-0.2, -0.15) is 0 Å². The Morgan fingerprint density at radius 2 is 2.00 bits per heavy atom. The lowest BCUT2D eigenvalue weighted by Crippen LogP contribution is -2.23. The molecule has 0 saturated heterocycles. The zero-order valence-electron chi connectivity index (χ0n) is 11.7. The fourth-order valence-corrected chi connectivity index (χ4v) is 2.51. The molecule has 0 spiro atoms. The Balaban J connectivity index is 2.21. The van der Waals surface area contributed by atoms with E-state index in [0.717, 1.165) is 16.3 Å². The summed E-state index contributed by atoms with van der Waals surface area (Å²) in [5, 5.41) is 2.88. The molecule has 0 atom stereocenters. The number of benzene rings is 1. The van der Waals surface area contributed by atoms with Crippen LogP contribution >= 0.6 is 11.3 Å². The summed E-state index contributed by atoms with van der Waals surface area (Å²) < 4.78 is 0. The van der Waals surface area contributed by atoms with Gasteiger partial charge >= 0.3 is 0 Å². The SMILES string of the molecule is Cc1ccc(-c2csc(CC(=O)N(C)C)n2)cc1C. The van der Waals surface area contributed by atoms with Gasteiger partial charge in [0.1, 0.15) is 5.01 Å². The molecule has 19 heavy (non-hydrogen) atoms. The Kier molecular flexibility index (Phi) is 4.00. The molecular formula is C15H18N2OS. The average Bonchev–Trinajstić information content (AvgIpc) is 2.81. The first-order chi connectivity index (χ1) is 8.97. The van der Waals surface area contributed by atoms with Crippen LogP contribution in [0, 0.1) is 13.8 Å². The Morgan fingerprint density at radius 1 is 1.26 bits per heavy atom. The summed E-state index contributed by atoms with van der Waals surface area (Å²) >= 11 is 1.54. The number of amides is 1. The van der Waals surface area contributed by atoms with Gasteiger partial charge in [-0.05, 0) is 31.0 Å². The standard InChI is InChI=1S/C15H18N2OS/c1-10-5-6-12(7-11(10)2)13-9-19-14(16-13)8-15(18)17(3)4/h5-7,9H,8H2,1-4H3. The second-order valence-corrected chi connectivity index (χ2v) is 5.83. The molecule has 0 fully saturated rings. The first-order valence-corrected chi connectivity index (χ1v) is 7.07. The van der Waals surface area contributed by atoms with Crippen LogP contribution in [0.1, 0.15) is 16.1 Å². The molecule has 4 heteroatoms. The van der Waals surface area contributed by atoms with Crippen molar-refractivity contribution < 1.29 is 4.79 Å². The number of carbonyl (C=O) groups is 1. The summed E-state index contributed by atoms with van der Waals surface area (Å²) in [5.74, 6) is 0.0842. The van der Waals surface area contributed by atoms with Crippen LogP contribution in [0.25, 0.3) is 11.3 Å². The van der Waals surface area contributed by atoms with Gasteiger partial charge in [0.15, 0.2) is 0 Å². The predicted molar refractivity (Wildman–Crippen MR) is 79.4 cm³/mol. The van der Waals surface area contributed by atoms with E-state index in [-0.39, 0.29) is 5.91 Å². The molecule has 0 aliphatic rings. The molecule has 0 bridgehead atoms. The quantitative estimate of drug-likeness (QED) is 0.862. The van der Waals surface area contributed by atoms with E-state index in [4.69, 9.17) is 0 Å². The van der Waals surface area contributed by atoms with E-state index in [1.165, 1.54) is 11.1 Å². The number of hydrogen-bond acceptors (Lipinski definition) is 3. The maximum absolute atomic E-state index is 11.6. The number of rotatable bonds is 3. The number of thiazole rings is 1. The minimum Gasteiger partial charge on any atom is -0.348 e. The van der Waals surface area contributed by atoms with Crippen molar-refractivity contribution in [2.24, 2.45) is 0 Å². The average molecular weight is 274 g/mol. The molecule has 3 nitrogen and oxygen atoms in total. The molecule has 0 aliphatic heterocycles. The third-order valence-corrected chi connectivity index (χ3v) is 4.00. The highest BCUT2D eigenvalue weighted by molar-refractivity contribution is 7.10. The van der Waals surface area contributed by atoms with Crippen LogP contribution in [0.3, 0.4) is 0 Å². The minimum absolute atomic E-state index is 0.0842. The number of likely N-dealkylation sites (N-methyl/N-ethyl adjacent to an activating group) is 1. The van der Waals surface area contributed by atoms with Crippen molar-refractivity contribution in [3.8, 4) is 11.3 Å². The van der Waals surface area contributed by atoms with Crippen molar-refractivity contribution >= 4 is 17.2 Å². The molecule has 0 N–H and O–H groups in total. The zero-order chi connectivity index (χ0) is 14.0. The lowest BCUT2D eigenvalue weighted by molar-refractivity contribution is -0.127. The van der Waals surface area contributed by atoms with E-state index in [1.807, 2.05) is 5.38 Å². The van der Waals surface area contributed by atoms with Gasteiger partial charge in [-0.3, -0.25) is 4.79 Å². The van der Waals surface area contributed by atoms with E-state index >= 15 is 0 Å². The monoisotopic (exact) mass is 274 g/mol. The molecule has 2 aromatic rings. The second-order valence-electron chi connectivity index (χ2n) is 4.89. The van der Waals surface area contributed by atoms with E-state index in [1.54, 1.807) is 30.3 Å². The molecular weight excluding hydrogens is 256 g/mol. The Morgan fingerprint density at radius 3 is 2.63 bits per heavy atom. The fraction of sp³-hybridized carbons (Fsp3) is 0.333. The van der Waals surface area contributed by atoms with Crippen LogP contribution in [-0.4, -0.2) is 29.9 Å². The smallest absolute Gasteiger partial charge is 0.228 e. The summed E-state index contributed by atoms with van der Waals surface area (Å²) in [6.45, 7) is 4.20. The summed E-state index contributed by atoms with van der Waals surface area (Å²) in [7, 11) is 3.53. The lowest BCUT2D eigenvalue weighted by Gasteiger charge is -2.07. The summed E-state index contributed by atoms with van der Waals surface area (Å²) in [6, 6.07) is 6.32. The topological polar surface area (TPSA) is 33.2 Å². The minimum atomic E-state index is 0.0842. The Bertz CT molecular complexity index is 602. The molecule has 2 rings (SSSR count). The number of aromatic nitrogens is 1. The fourth-order valence-electron chi connectivity index (χ4n) is 1.71. The highest BCUT2D eigenvalue weighted by Crippen LogP contribution is 2.24. The van der Waals surface area contributed by atoms with Crippen molar-refractivity contribution in [1.29, 1.82) is 0 Å². The van der Waals surface area contributed by atoms with Crippen molar-refractivity contribution in [3.63, 3.8) is 0 Å². The molecule has 100 valence electrons. The summed E-state index contributed by atoms with van der Waals surface area (Å²) in [6.07, 6.45) is 0.377. The van der Waals surface area contributed by atoms with Crippen LogP contribution in [-0.2, 0) is 11.2 Å². The van der Waals surface area contributed by atoms with E-state index < -0.39 is 0 Å². The van der Waals surface area contributed by atoms with Crippen molar-refractivity contribution in [2.45, 2.75) is 20.3 Å². The van der Waals surface area contributed by atoms with Gasteiger partial charge in [0, 0.05) is 25.0 Å². The normalized spacial score (nSPS) is 10.5. The molecule has 0 saturated carbocycles. The van der Waals surface area contributed by atoms with Crippen molar-refractivity contribution in [3.05, 3.63) is 39.7 Å². The number of carbonyl (C=O) groups excluding carboxylic acids is 1. The van der Waals surface area contributed by atoms with E-state index in [0.29, 0.717) is 6.42 Å². The zero-order valence-corrected chi connectivity index (χ0v) is 12.5. The number of aryl methyl sites for hydroxylation is 2. The first kappa shape index (κ1) is 13.7. The predicted octanol–water partition coefficient (Wildman–Crippen LogP) is 3.06. The highest BCUT2D eigenvalue weighted by atomic mass is 32.1. The summed E-state index contributed by atoms with van der Waals surface area (Å²) in [4.78, 5) is 17.8. The van der Waals surface area contributed by atoms with Gasteiger partial charge in [0.05, 0.1) is 12.1 Å². The third kappa shape index (κ3) is 3.20. The van der Waals surface area contributed by atoms with Gasteiger partial charge in [0.2, 0.25) is 5.91 Å². The first-order valence-electron chi connectivity index (χ1n) is 6.19. The Labute approximate surface area is 117 Å². The summed E-state index contributed by atoms with van der Waals surface area (Å²) in [5.41, 5.74) is 4.61. The van der Waals surface area contributed by atoms with E-state index in [9.17, 15) is 4.79 Å². The van der Waals surface area contributed by atoms with Gasteiger partial charge in [-0.15, -0.1) is 11.3 Å². The maximum Gasteiger partial charge on any atom is 0.228 e. The molecule has 1 aromatic heterocycles. The molecule has 0 unspecified atom stereocenters. The second kappa shape index (κ2) is 5.53.